The molecule has 1 aromatic rings. The van der Waals surface area contributed by atoms with Crippen LogP contribution in [-0.2, 0) is 9.53 Å². The highest BCUT2D eigenvalue weighted by Gasteiger charge is 2.24. The summed E-state index contributed by atoms with van der Waals surface area (Å²) in [6, 6.07) is 0. The minimum atomic E-state index is -2.25. The molecule has 1 rings (SSSR count). The SMILES string of the molecule is CCOC(=O)/C=C/c1c(F)c(F)c(F)c(F)c1F. The van der Waals surface area contributed by atoms with Crippen LogP contribution in [0.15, 0.2) is 6.08 Å². The molecule has 0 spiro atoms. The molecule has 0 bridgehead atoms. The molecule has 18 heavy (non-hydrogen) atoms. The highest BCUT2D eigenvalue weighted by atomic mass is 19.2. The largest absolute Gasteiger partial charge is 0.463 e. The maximum absolute atomic E-state index is 13.1. The van der Waals surface area contributed by atoms with Gasteiger partial charge < -0.3 is 4.74 Å². The van der Waals surface area contributed by atoms with Gasteiger partial charge in [0.15, 0.2) is 23.3 Å². The zero-order valence-electron chi connectivity index (χ0n) is 9.07. The van der Waals surface area contributed by atoms with Crippen LogP contribution in [0, 0.1) is 29.1 Å². The van der Waals surface area contributed by atoms with Crippen LogP contribution in [0.4, 0.5) is 22.0 Å². The van der Waals surface area contributed by atoms with Crippen LogP contribution in [0.25, 0.3) is 6.08 Å². The normalized spacial score (nSPS) is 11.0. The second kappa shape index (κ2) is 5.61. The van der Waals surface area contributed by atoms with Crippen LogP contribution < -0.4 is 0 Å². The first-order valence-electron chi connectivity index (χ1n) is 4.76. The van der Waals surface area contributed by atoms with Crippen LogP contribution in [-0.4, -0.2) is 12.6 Å². The minimum absolute atomic E-state index is 0.0142. The Morgan fingerprint density at radius 3 is 1.89 bits per heavy atom. The van der Waals surface area contributed by atoms with E-state index in [1.165, 1.54) is 6.92 Å². The summed E-state index contributed by atoms with van der Waals surface area (Å²) >= 11 is 0. The van der Waals surface area contributed by atoms with E-state index >= 15 is 0 Å². The number of halogens is 5. The maximum atomic E-state index is 13.1. The molecule has 2 nitrogen and oxygen atoms in total. The van der Waals surface area contributed by atoms with Crippen molar-refractivity contribution in [3.63, 3.8) is 0 Å². The second-order valence-corrected chi connectivity index (χ2v) is 3.07. The van der Waals surface area contributed by atoms with E-state index in [-0.39, 0.29) is 6.61 Å². The monoisotopic (exact) mass is 266 g/mol. The molecule has 0 saturated heterocycles. The molecule has 0 aliphatic carbocycles. The smallest absolute Gasteiger partial charge is 0.330 e. The molecule has 0 radical (unpaired) electrons. The summed E-state index contributed by atoms with van der Waals surface area (Å²) in [4.78, 5) is 10.9. The van der Waals surface area contributed by atoms with E-state index in [9.17, 15) is 26.7 Å². The van der Waals surface area contributed by atoms with Gasteiger partial charge in [0, 0.05) is 6.08 Å². The van der Waals surface area contributed by atoms with Gasteiger partial charge in [-0.15, -0.1) is 0 Å². The third-order valence-electron chi connectivity index (χ3n) is 1.92. The number of ether oxygens (including phenoxy) is 1. The van der Waals surface area contributed by atoms with Crippen molar-refractivity contribution in [3.8, 4) is 0 Å². The first-order chi connectivity index (χ1) is 8.40. The molecule has 0 heterocycles. The molecule has 0 N–H and O–H groups in total. The molecule has 0 atom stereocenters. The number of carbonyl (C=O) groups is 1. The standard InChI is InChI=1S/C11H7F5O2/c1-2-18-6(17)4-3-5-7(12)9(14)11(16)10(15)8(5)13/h3-4H,2H2,1H3/b4-3+. The molecule has 7 heteroatoms. The van der Waals surface area contributed by atoms with E-state index in [0.717, 1.165) is 0 Å². The summed E-state index contributed by atoms with van der Waals surface area (Å²) in [6.07, 6.45) is 1.04. The zero-order chi connectivity index (χ0) is 13.9. The average molecular weight is 266 g/mol. The van der Waals surface area contributed by atoms with Crippen molar-refractivity contribution in [1.29, 1.82) is 0 Å². The van der Waals surface area contributed by atoms with Crippen LogP contribution in [0.3, 0.4) is 0 Å². The lowest BCUT2D eigenvalue weighted by molar-refractivity contribution is -0.137. The highest BCUT2D eigenvalue weighted by molar-refractivity contribution is 5.87. The molecule has 0 unspecified atom stereocenters. The van der Waals surface area contributed by atoms with Gasteiger partial charge in [-0.1, -0.05) is 0 Å². The van der Waals surface area contributed by atoms with Gasteiger partial charge in [-0.3, -0.25) is 0 Å². The lowest BCUT2D eigenvalue weighted by atomic mass is 10.1. The first-order valence-corrected chi connectivity index (χ1v) is 4.76. The van der Waals surface area contributed by atoms with Crippen molar-refractivity contribution in [2.24, 2.45) is 0 Å². The quantitative estimate of drug-likeness (QED) is 0.276. The number of esters is 1. The van der Waals surface area contributed by atoms with Gasteiger partial charge in [-0.25, -0.2) is 26.7 Å². The first kappa shape index (κ1) is 14.1. The number of benzene rings is 1. The predicted molar refractivity (Wildman–Crippen MR) is 51.9 cm³/mol. The Morgan fingerprint density at radius 1 is 1.00 bits per heavy atom. The number of hydrogen-bond donors (Lipinski definition) is 0. The Bertz CT molecular complexity index is 482. The molecule has 0 aromatic heterocycles. The summed E-state index contributed by atoms with van der Waals surface area (Å²) in [5.74, 6) is -11.4. The fourth-order valence-corrected chi connectivity index (χ4v) is 1.11. The van der Waals surface area contributed by atoms with Gasteiger partial charge in [0.2, 0.25) is 5.82 Å². The molecule has 0 amide bonds. The van der Waals surface area contributed by atoms with E-state index in [0.29, 0.717) is 12.2 Å². The molecule has 1 aromatic carbocycles. The Morgan fingerprint density at radius 2 is 1.44 bits per heavy atom. The van der Waals surface area contributed by atoms with E-state index in [2.05, 4.69) is 4.74 Å². The van der Waals surface area contributed by atoms with E-state index in [1.54, 1.807) is 0 Å². The predicted octanol–water partition coefficient (Wildman–Crippen LogP) is 2.96. The fourth-order valence-electron chi connectivity index (χ4n) is 1.11. The summed E-state index contributed by atoms with van der Waals surface area (Å²) in [5, 5.41) is 0. The summed E-state index contributed by atoms with van der Waals surface area (Å²) in [7, 11) is 0. The molecule has 0 fully saturated rings. The molecule has 0 aliphatic rings. The zero-order valence-corrected chi connectivity index (χ0v) is 9.07. The van der Waals surface area contributed by atoms with Gasteiger partial charge in [0.05, 0.1) is 12.2 Å². The lowest BCUT2D eigenvalue weighted by Gasteiger charge is -2.04. The topological polar surface area (TPSA) is 26.3 Å². The Labute approximate surface area is 98.7 Å². The third kappa shape index (κ3) is 2.66. The molecule has 0 aliphatic heterocycles. The van der Waals surface area contributed by atoms with Crippen molar-refractivity contribution < 1.29 is 31.5 Å². The Balaban J connectivity index is 3.22. The Kier molecular flexibility index (Phi) is 4.41. The second-order valence-electron chi connectivity index (χ2n) is 3.07. The summed E-state index contributed by atoms with van der Waals surface area (Å²) in [5.41, 5.74) is -1.19. The van der Waals surface area contributed by atoms with Crippen molar-refractivity contribution in [3.05, 3.63) is 40.7 Å². The number of rotatable bonds is 3. The van der Waals surface area contributed by atoms with Crippen molar-refractivity contribution in [2.75, 3.05) is 6.61 Å². The Hall–Kier alpha value is -1.92. The fraction of sp³-hybridized carbons (Fsp3) is 0.182. The van der Waals surface area contributed by atoms with Gasteiger partial charge >= 0.3 is 5.97 Å². The van der Waals surface area contributed by atoms with Gasteiger partial charge in [-0.05, 0) is 13.0 Å². The molecular formula is C11H7F5O2. The highest BCUT2D eigenvalue weighted by Crippen LogP contribution is 2.23. The third-order valence-corrected chi connectivity index (χ3v) is 1.92. The van der Waals surface area contributed by atoms with Gasteiger partial charge in [-0.2, -0.15) is 0 Å². The van der Waals surface area contributed by atoms with Crippen LogP contribution in [0.2, 0.25) is 0 Å². The number of carbonyl (C=O) groups excluding carboxylic acids is 1. The minimum Gasteiger partial charge on any atom is -0.463 e. The van der Waals surface area contributed by atoms with Crippen molar-refractivity contribution >= 4 is 12.0 Å². The van der Waals surface area contributed by atoms with Gasteiger partial charge in [0.1, 0.15) is 0 Å². The van der Waals surface area contributed by atoms with Gasteiger partial charge in [0.25, 0.3) is 0 Å². The van der Waals surface area contributed by atoms with Crippen molar-refractivity contribution in [1.82, 2.24) is 0 Å². The lowest BCUT2D eigenvalue weighted by Crippen LogP contribution is -2.05. The summed E-state index contributed by atoms with van der Waals surface area (Å²) < 4.78 is 68.8. The molecular weight excluding hydrogens is 259 g/mol. The van der Waals surface area contributed by atoms with Crippen molar-refractivity contribution in [2.45, 2.75) is 6.92 Å². The number of hydrogen-bond acceptors (Lipinski definition) is 2. The van der Waals surface area contributed by atoms with Crippen LogP contribution >= 0.6 is 0 Å². The summed E-state index contributed by atoms with van der Waals surface area (Å²) in [6.45, 7) is 1.50. The van der Waals surface area contributed by atoms with E-state index in [1.807, 2.05) is 0 Å². The molecule has 98 valence electrons. The van der Waals surface area contributed by atoms with Crippen LogP contribution in [0.5, 0.6) is 0 Å². The molecule has 0 saturated carbocycles. The van der Waals surface area contributed by atoms with Crippen LogP contribution in [0.1, 0.15) is 12.5 Å². The van der Waals surface area contributed by atoms with E-state index < -0.39 is 40.6 Å². The van der Waals surface area contributed by atoms with E-state index in [4.69, 9.17) is 0 Å². The average Bonchev–Trinajstić information content (AvgIpc) is 2.34. The maximum Gasteiger partial charge on any atom is 0.330 e.